The van der Waals surface area contributed by atoms with Crippen LogP contribution in [-0.4, -0.2) is 25.3 Å². The molecule has 1 aromatic rings. The molecular formula is C12H14F2O4. The number of alkyl halides is 2. The number of esters is 1. The molecule has 0 aromatic heterocycles. The summed E-state index contributed by atoms with van der Waals surface area (Å²) in [6.45, 7) is 0.676. The van der Waals surface area contributed by atoms with Gasteiger partial charge in [-0.3, -0.25) is 0 Å². The highest BCUT2D eigenvalue weighted by Crippen LogP contribution is 2.38. The van der Waals surface area contributed by atoms with E-state index in [1.54, 1.807) is 0 Å². The number of rotatable bonds is 4. The van der Waals surface area contributed by atoms with Crippen molar-refractivity contribution in [1.82, 2.24) is 0 Å². The van der Waals surface area contributed by atoms with E-state index in [-0.39, 0.29) is 11.3 Å². The third-order valence-corrected chi connectivity index (χ3v) is 2.46. The molecule has 0 bridgehead atoms. The molecule has 1 N–H and O–H groups in total. The van der Waals surface area contributed by atoms with Crippen LogP contribution in [0.15, 0.2) is 18.2 Å². The van der Waals surface area contributed by atoms with Crippen LogP contribution in [0.1, 0.15) is 24.2 Å². The van der Waals surface area contributed by atoms with Crippen LogP contribution in [0, 0.1) is 0 Å². The van der Waals surface area contributed by atoms with Crippen molar-refractivity contribution in [1.29, 1.82) is 0 Å². The van der Waals surface area contributed by atoms with Crippen LogP contribution >= 0.6 is 0 Å². The zero-order chi connectivity index (χ0) is 13.9. The fourth-order valence-electron chi connectivity index (χ4n) is 1.62. The molecule has 1 atom stereocenters. The molecule has 0 fully saturated rings. The van der Waals surface area contributed by atoms with Crippen molar-refractivity contribution >= 4 is 5.97 Å². The van der Waals surface area contributed by atoms with Crippen molar-refractivity contribution in [3.8, 4) is 5.75 Å². The van der Waals surface area contributed by atoms with Gasteiger partial charge >= 0.3 is 5.97 Å². The molecular weight excluding hydrogens is 246 g/mol. The Hall–Kier alpha value is -1.69. The Labute approximate surface area is 103 Å². The molecule has 0 heterocycles. The topological polar surface area (TPSA) is 55.8 Å². The summed E-state index contributed by atoms with van der Waals surface area (Å²) in [6, 6.07) is 3.87. The first-order chi connectivity index (χ1) is 8.32. The van der Waals surface area contributed by atoms with Gasteiger partial charge in [0, 0.05) is 18.1 Å². The number of carbonyl (C=O) groups is 1. The normalized spacial score (nSPS) is 13.0. The van der Waals surface area contributed by atoms with E-state index in [1.807, 2.05) is 0 Å². The van der Waals surface area contributed by atoms with E-state index in [1.165, 1.54) is 19.2 Å². The number of ether oxygens (including phenoxy) is 2. The van der Waals surface area contributed by atoms with Gasteiger partial charge in [0.15, 0.2) is 6.10 Å². The Balaban J connectivity index is 3.42. The van der Waals surface area contributed by atoms with Gasteiger partial charge in [-0.05, 0) is 6.07 Å². The number of hydrogen-bond acceptors (Lipinski definition) is 4. The summed E-state index contributed by atoms with van der Waals surface area (Å²) in [4.78, 5) is 11.3. The van der Waals surface area contributed by atoms with Crippen LogP contribution in [0.3, 0.4) is 0 Å². The monoisotopic (exact) mass is 260 g/mol. The third-order valence-electron chi connectivity index (χ3n) is 2.46. The minimum absolute atomic E-state index is 0.00641. The van der Waals surface area contributed by atoms with Crippen molar-refractivity contribution in [2.24, 2.45) is 0 Å². The second-order valence-corrected chi connectivity index (χ2v) is 3.74. The SMILES string of the molecule is COC(=O)C(O)c1c(OC)cccc1C(C)(F)F. The van der Waals surface area contributed by atoms with Gasteiger partial charge in [-0.2, -0.15) is 0 Å². The van der Waals surface area contributed by atoms with Crippen molar-refractivity contribution in [2.75, 3.05) is 14.2 Å². The van der Waals surface area contributed by atoms with Crippen molar-refractivity contribution < 1.29 is 28.2 Å². The van der Waals surface area contributed by atoms with E-state index in [2.05, 4.69) is 4.74 Å². The first kappa shape index (κ1) is 14.4. The number of halogens is 2. The van der Waals surface area contributed by atoms with Gasteiger partial charge < -0.3 is 14.6 Å². The summed E-state index contributed by atoms with van der Waals surface area (Å²) >= 11 is 0. The Kier molecular flexibility index (Phi) is 4.24. The Morgan fingerprint density at radius 3 is 2.44 bits per heavy atom. The van der Waals surface area contributed by atoms with E-state index in [0.29, 0.717) is 6.92 Å². The average Bonchev–Trinajstić information content (AvgIpc) is 2.34. The number of methoxy groups -OCH3 is 2. The Morgan fingerprint density at radius 2 is 2.00 bits per heavy atom. The molecule has 0 amide bonds. The number of aliphatic hydroxyl groups is 1. The average molecular weight is 260 g/mol. The Morgan fingerprint density at radius 1 is 1.39 bits per heavy atom. The maximum Gasteiger partial charge on any atom is 0.339 e. The molecule has 0 aliphatic rings. The molecule has 0 aliphatic carbocycles. The maximum absolute atomic E-state index is 13.4. The van der Waals surface area contributed by atoms with Gasteiger partial charge in [0.05, 0.1) is 14.2 Å². The number of aliphatic hydroxyl groups excluding tert-OH is 1. The van der Waals surface area contributed by atoms with E-state index in [0.717, 1.165) is 13.2 Å². The summed E-state index contributed by atoms with van der Waals surface area (Å²) in [5.74, 6) is -4.23. The summed E-state index contributed by atoms with van der Waals surface area (Å²) in [5, 5.41) is 9.76. The van der Waals surface area contributed by atoms with Gasteiger partial charge in [-0.15, -0.1) is 0 Å². The zero-order valence-corrected chi connectivity index (χ0v) is 10.2. The van der Waals surface area contributed by atoms with E-state index < -0.39 is 23.6 Å². The minimum Gasteiger partial charge on any atom is -0.496 e. The fourth-order valence-corrected chi connectivity index (χ4v) is 1.62. The second kappa shape index (κ2) is 5.30. The molecule has 1 unspecified atom stereocenters. The summed E-state index contributed by atoms with van der Waals surface area (Å²) in [5.41, 5.74) is -0.751. The summed E-state index contributed by atoms with van der Waals surface area (Å²) in [7, 11) is 2.32. The van der Waals surface area contributed by atoms with Crippen LogP contribution in [0.5, 0.6) is 5.75 Å². The van der Waals surface area contributed by atoms with E-state index in [9.17, 15) is 18.7 Å². The van der Waals surface area contributed by atoms with Gasteiger partial charge in [0.1, 0.15) is 5.75 Å². The molecule has 18 heavy (non-hydrogen) atoms. The predicted octanol–water partition coefficient (Wildman–Crippen LogP) is 2.01. The molecule has 0 radical (unpaired) electrons. The highest BCUT2D eigenvalue weighted by molar-refractivity contribution is 5.78. The molecule has 0 saturated carbocycles. The van der Waals surface area contributed by atoms with Gasteiger partial charge in [-0.25, -0.2) is 13.6 Å². The van der Waals surface area contributed by atoms with Gasteiger partial charge in [-0.1, -0.05) is 12.1 Å². The van der Waals surface area contributed by atoms with Crippen molar-refractivity contribution in [3.05, 3.63) is 29.3 Å². The van der Waals surface area contributed by atoms with Gasteiger partial charge in [0.25, 0.3) is 5.92 Å². The highest BCUT2D eigenvalue weighted by atomic mass is 19.3. The van der Waals surface area contributed by atoms with Crippen molar-refractivity contribution in [3.63, 3.8) is 0 Å². The lowest BCUT2D eigenvalue weighted by atomic mass is 9.97. The molecule has 4 nitrogen and oxygen atoms in total. The highest BCUT2D eigenvalue weighted by Gasteiger charge is 2.34. The molecule has 0 spiro atoms. The van der Waals surface area contributed by atoms with Crippen LogP contribution in [-0.2, 0) is 15.5 Å². The fraction of sp³-hybridized carbons (Fsp3) is 0.417. The van der Waals surface area contributed by atoms with Crippen LogP contribution in [0.2, 0.25) is 0 Å². The van der Waals surface area contributed by atoms with Crippen LogP contribution < -0.4 is 4.74 Å². The molecule has 0 aliphatic heterocycles. The summed E-state index contributed by atoms with van der Waals surface area (Å²) < 4.78 is 36.1. The minimum atomic E-state index is -3.21. The predicted molar refractivity (Wildman–Crippen MR) is 59.5 cm³/mol. The van der Waals surface area contributed by atoms with E-state index in [4.69, 9.17) is 4.74 Å². The lowest BCUT2D eigenvalue weighted by Crippen LogP contribution is -2.20. The third kappa shape index (κ3) is 2.76. The smallest absolute Gasteiger partial charge is 0.339 e. The Bertz CT molecular complexity index is 440. The number of benzene rings is 1. The van der Waals surface area contributed by atoms with Crippen LogP contribution in [0.25, 0.3) is 0 Å². The van der Waals surface area contributed by atoms with Gasteiger partial charge in [0.2, 0.25) is 0 Å². The standard InChI is InChI=1S/C12H14F2O4/c1-12(13,14)7-5-4-6-8(17-2)9(7)10(15)11(16)18-3/h4-6,10,15H,1-3H3. The number of hydrogen-bond donors (Lipinski definition) is 1. The van der Waals surface area contributed by atoms with E-state index >= 15 is 0 Å². The maximum atomic E-state index is 13.4. The zero-order valence-electron chi connectivity index (χ0n) is 10.2. The lowest BCUT2D eigenvalue weighted by molar-refractivity contribution is -0.151. The first-order valence-electron chi connectivity index (χ1n) is 5.14. The molecule has 6 heteroatoms. The number of carbonyl (C=O) groups excluding carboxylic acids is 1. The van der Waals surface area contributed by atoms with Crippen molar-refractivity contribution in [2.45, 2.75) is 19.0 Å². The largest absolute Gasteiger partial charge is 0.496 e. The molecule has 100 valence electrons. The van der Waals surface area contributed by atoms with Crippen LogP contribution in [0.4, 0.5) is 8.78 Å². The lowest BCUT2D eigenvalue weighted by Gasteiger charge is -2.20. The molecule has 1 aromatic carbocycles. The molecule has 1 rings (SSSR count). The summed E-state index contributed by atoms with van der Waals surface area (Å²) in [6.07, 6.45) is -1.81. The quantitative estimate of drug-likeness (QED) is 0.841. The second-order valence-electron chi connectivity index (χ2n) is 3.74. The first-order valence-corrected chi connectivity index (χ1v) is 5.14. The molecule has 0 saturated heterocycles.